The normalized spacial score (nSPS) is 11.4. The monoisotopic (exact) mass is 532 g/mol. The van der Waals surface area contributed by atoms with E-state index in [1.165, 1.54) is 27.5 Å². The van der Waals surface area contributed by atoms with Crippen molar-refractivity contribution in [3.63, 3.8) is 0 Å². The van der Waals surface area contributed by atoms with Crippen molar-refractivity contribution in [1.82, 2.24) is 0 Å². The number of esters is 1. The van der Waals surface area contributed by atoms with Gasteiger partial charge in [0.2, 0.25) is 0 Å². The standard InChI is InChI=1S/C31H29FO3S2/c1-4-34-31(33)20-35-29-15-14-27(19-21(29)2)36-18-17-28(24-10-12-26(32)13-11-24)23-6-8-25(9-7-23)30-16-5-22(3)37-30/h5-17,19H,4,18,20H2,1-3H3/b28-17-. The van der Waals surface area contributed by atoms with Crippen LogP contribution in [-0.2, 0) is 9.53 Å². The molecule has 4 rings (SSSR count). The Labute approximate surface area is 226 Å². The SMILES string of the molecule is CCOC(=O)COc1ccc(SC/C=C(\c2ccc(F)cc2)c2ccc(-c3ccc(C)s3)cc2)cc1C. The molecule has 0 aliphatic heterocycles. The highest BCUT2D eigenvalue weighted by atomic mass is 32.2. The summed E-state index contributed by atoms with van der Waals surface area (Å²) in [6.07, 6.45) is 2.18. The Morgan fingerprint density at radius 2 is 1.65 bits per heavy atom. The van der Waals surface area contributed by atoms with E-state index in [9.17, 15) is 9.18 Å². The summed E-state index contributed by atoms with van der Waals surface area (Å²) in [6, 6.07) is 25.4. The van der Waals surface area contributed by atoms with Gasteiger partial charge in [0.25, 0.3) is 0 Å². The molecular formula is C31H29FO3S2. The number of thioether (sulfide) groups is 1. The molecule has 0 unspecified atom stereocenters. The zero-order chi connectivity index (χ0) is 26.2. The fourth-order valence-corrected chi connectivity index (χ4v) is 5.61. The predicted octanol–water partition coefficient (Wildman–Crippen LogP) is 8.34. The Balaban J connectivity index is 1.50. The number of aryl methyl sites for hydroxylation is 2. The molecule has 0 bridgehead atoms. The van der Waals surface area contributed by atoms with Crippen molar-refractivity contribution >= 4 is 34.6 Å². The topological polar surface area (TPSA) is 35.5 Å². The first-order valence-corrected chi connectivity index (χ1v) is 13.9. The molecule has 0 atom stereocenters. The second kappa shape index (κ2) is 12.7. The zero-order valence-electron chi connectivity index (χ0n) is 21.1. The van der Waals surface area contributed by atoms with E-state index in [1.807, 2.05) is 37.3 Å². The molecule has 0 saturated heterocycles. The fraction of sp³-hybridized carbons (Fsp3) is 0.194. The summed E-state index contributed by atoms with van der Waals surface area (Å²) in [7, 11) is 0. The molecular weight excluding hydrogens is 503 g/mol. The van der Waals surface area contributed by atoms with Gasteiger partial charge in [-0.25, -0.2) is 9.18 Å². The second-order valence-corrected chi connectivity index (χ2v) is 10.8. The van der Waals surface area contributed by atoms with E-state index in [2.05, 4.69) is 49.4 Å². The Morgan fingerprint density at radius 3 is 2.27 bits per heavy atom. The lowest BCUT2D eigenvalue weighted by Gasteiger charge is -2.11. The molecule has 3 nitrogen and oxygen atoms in total. The van der Waals surface area contributed by atoms with Gasteiger partial charge in [0.05, 0.1) is 6.61 Å². The minimum absolute atomic E-state index is 0.101. The van der Waals surface area contributed by atoms with Crippen molar-refractivity contribution in [3.8, 4) is 16.2 Å². The van der Waals surface area contributed by atoms with Crippen LogP contribution >= 0.6 is 23.1 Å². The third-order valence-electron chi connectivity index (χ3n) is 5.71. The van der Waals surface area contributed by atoms with Crippen LogP contribution in [0, 0.1) is 19.7 Å². The molecule has 0 amide bonds. The number of benzene rings is 3. The van der Waals surface area contributed by atoms with E-state index in [0.717, 1.165) is 32.9 Å². The average molecular weight is 533 g/mol. The van der Waals surface area contributed by atoms with Crippen LogP contribution in [0.3, 0.4) is 0 Å². The van der Waals surface area contributed by atoms with Crippen molar-refractivity contribution in [2.24, 2.45) is 0 Å². The number of hydrogen-bond donors (Lipinski definition) is 0. The van der Waals surface area contributed by atoms with Crippen LogP contribution in [0.4, 0.5) is 4.39 Å². The number of halogens is 1. The molecule has 6 heteroatoms. The molecule has 0 fully saturated rings. The van der Waals surface area contributed by atoms with Gasteiger partial charge in [-0.1, -0.05) is 42.5 Å². The van der Waals surface area contributed by atoms with Crippen molar-refractivity contribution in [3.05, 3.63) is 112 Å². The van der Waals surface area contributed by atoms with E-state index in [1.54, 1.807) is 30.0 Å². The fourth-order valence-electron chi connectivity index (χ4n) is 3.87. The zero-order valence-corrected chi connectivity index (χ0v) is 22.8. The van der Waals surface area contributed by atoms with Gasteiger partial charge in [-0.2, -0.15) is 0 Å². The molecule has 0 saturated carbocycles. The largest absolute Gasteiger partial charge is 0.482 e. The van der Waals surface area contributed by atoms with Crippen LogP contribution in [0.5, 0.6) is 5.75 Å². The molecule has 1 heterocycles. The van der Waals surface area contributed by atoms with E-state index in [-0.39, 0.29) is 18.4 Å². The van der Waals surface area contributed by atoms with E-state index >= 15 is 0 Å². The number of thiophene rings is 1. The van der Waals surface area contributed by atoms with Crippen LogP contribution in [0.25, 0.3) is 16.0 Å². The number of rotatable bonds is 10. The molecule has 0 aliphatic carbocycles. The summed E-state index contributed by atoms with van der Waals surface area (Å²) in [4.78, 5) is 15.2. The van der Waals surface area contributed by atoms with E-state index in [4.69, 9.17) is 9.47 Å². The molecule has 0 N–H and O–H groups in total. The Bertz CT molecular complexity index is 1370. The summed E-state index contributed by atoms with van der Waals surface area (Å²) >= 11 is 3.49. The maximum Gasteiger partial charge on any atom is 0.344 e. The van der Waals surface area contributed by atoms with Gasteiger partial charge in [0.1, 0.15) is 11.6 Å². The van der Waals surface area contributed by atoms with Gasteiger partial charge in [-0.05, 0) is 91.1 Å². The Kier molecular flexibility index (Phi) is 9.20. The lowest BCUT2D eigenvalue weighted by molar-refractivity contribution is -0.145. The molecule has 0 spiro atoms. The highest BCUT2D eigenvalue weighted by molar-refractivity contribution is 7.99. The van der Waals surface area contributed by atoms with Gasteiger partial charge in [0.15, 0.2) is 6.61 Å². The van der Waals surface area contributed by atoms with Crippen LogP contribution < -0.4 is 4.74 Å². The average Bonchev–Trinajstić information content (AvgIpc) is 3.33. The number of carbonyl (C=O) groups excluding carboxylic acids is 1. The minimum Gasteiger partial charge on any atom is -0.482 e. The van der Waals surface area contributed by atoms with Gasteiger partial charge in [-0.3, -0.25) is 0 Å². The summed E-state index contributed by atoms with van der Waals surface area (Å²) in [5, 5.41) is 0. The highest BCUT2D eigenvalue weighted by Crippen LogP contribution is 2.32. The first-order valence-electron chi connectivity index (χ1n) is 12.1. The summed E-state index contributed by atoms with van der Waals surface area (Å²) in [6.45, 7) is 6.08. The first kappa shape index (κ1) is 26.7. The van der Waals surface area contributed by atoms with Gasteiger partial charge < -0.3 is 9.47 Å². The van der Waals surface area contributed by atoms with E-state index < -0.39 is 0 Å². The van der Waals surface area contributed by atoms with Crippen LogP contribution in [0.2, 0.25) is 0 Å². The van der Waals surface area contributed by atoms with Gasteiger partial charge in [-0.15, -0.1) is 23.1 Å². The maximum absolute atomic E-state index is 13.6. The molecule has 0 aliphatic rings. The van der Waals surface area contributed by atoms with Gasteiger partial charge >= 0.3 is 5.97 Å². The lowest BCUT2D eigenvalue weighted by atomic mass is 9.96. The van der Waals surface area contributed by atoms with Crippen LogP contribution in [-0.4, -0.2) is 24.9 Å². The van der Waals surface area contributed by atoms with Crippen LogP contribution in [0.15, 0.2) is 89.8 Å². The quantitative estimate of drug-likeness (QED) is 0.152. The Morgan fingerprint density at radius 1 is 0.946 bits per heavy atom. The smallest absolute Gasteiger partial charge is 0.344 e. The minimum atomic E-state index is -0.377. The van der Waals surface area contributed by atoms with Crippen molar-refractivity contribution < 1.29 is 18.7 Å². The summed E-state index contributed by atoms with van der Waals surface area (Å²) in [5.41, 5.74) is 5.27. The van der Waals surface area contributed by atoms with Crippen molar-refractivity contribution in [2.45, 2.75) is 25.7 Å². The number of hydrogen-bond acceptors (Lipinski definition) is 5. The molecule has 4 aromatic rings. The summed E-state index contributed by atoms with van der Waals surface area (Å²) < 4.78 is 24.1. The molecule has 1 aromatic heterocycles. The lowest BCUT2D eigenvalue weighted by Crippen LogP contribution is -2.14. The molecule has 0 radical (unpaired) electrons. The molecule has 37 heavy (non-hydrogen) atoms. The third kappa shape index (κ3) is 7.34. The maximum atomic E-state index is 13.6. The molecule has 3 aromatic carbocycles. The predicted molar refractivity (Wildman–Crippen MR) is 152 cm³/mol. The highest BCUT2D eigenvalue weighted by Gasteiger charge is 2.09. The second-order valence-electron chi connectivity index (χ2n) is 8.44. The first-order chi connectivity index (χ1) is 17.9. The summed E-state index contributed by atoms with van der Waals surface area (Å²) in [5.74, 6) is 0.779. The van der Waals surface area contributed by atoms with Crippen LogP contribution in [0.1, 0.15) is 28.5 Å². The Hall–Kier alpha value is -3.35. The van der Waals surface area contributed by atoms with Crippen molar-refractivity contribution in [2.75, 3.05) is 19.0 Å². The van der Waals surface area contributed by atoms with E-state index in [0.29, 0.717) is 12.4 Å². The molecule has 190 valence electrons. The third-order valence-corrected chi connectivity index (χ3v) is 7.68. The number of ether oxygens (including phenoxy) is 2. The van der Waals surface area contributed by atoms with Gasteiger partial charge in [0, 0.05) is 20.4 Å². The van der Waals surface area contributed by atoms with Crippen molar-refractivity contribution in [1.29, 1.82) is 0 Å². The number of carbonyl (C=O) groups is 1.